The zero-order chi connectivity index (χ0) is 51.3. The predicted octanol–water partition coefficient (Wildman–Crippen LogP) is 11.8. The highest BCUT2D eigenvalue weighted by molar-refractivity contribution is 6.35. The molecule has 378 valence electrons. The monoisotopic (exact) mass is 1040 g/mol. The highest BCUT2D eigenvalue weighted by Gasteiger charge is 2.32. The van der Waals surface area contributed by atoms with Crippen LogP contribution in [0.25, 0.3) is 44.1 Å². The summed E-state index contributed by atoms with van der Waals surface area (Å²) in [6.45, 7) is 7.38. The van der Waals surface area contributed by atoms with Crippen LogP contribution in [0.2, 0.25) is 10.0 Å². The van der Waals surface area contributed by atoms with E-state index in [1.165, 1.54) is 36.4 Å². The maximum Gasteiger partial charge on any atom is 0.319 e. The summed E-state index contributed by atoms with van der Waals surface area (Å²) in [5.41, 5.74) is -1.31. The van der Waals surface area contributed by atoms with Gasteiger partial charge in [-0.05, 0) is 108 Å². The van der Waals surface area contributed by atoms with Gasteiger partial charge in [0.05, 0.1) is 34.4 Å². The lowest BCUT2D eigenvalue weighted by Gasteiger charge is -2.40. The maximum atomic E-state index is 16.1. The van der Waals surface area contributed by atoms with E-state index in [0.717, 1.165) is 57.2 Å². The molecule has 2 saturated heterocycles. The quantitative estimate of drug-likeness (QED) is 0.111. The zero-order valence-electron chi connectivity index (χ0n) is 40.0. The molecule has 0 unspecified atom stereocenters. The summed E-state index contributed by atoms with van der Waals surface area (Å²) >= 11 is 13.0. The lowest BCUT2D eigenvalue weighted by atomic mass is 9.96. The Hall–Kier alpha value is -7.18. The first kappa shape index (κ1) is 50.7. The van der Waals surface area contributed by atoms with Crippen LogP contribution in [-0.4, -0.2) is 88.0 Å². The first-order valence-electron chi connectivity index (χ1n) is 24.0. The van der Waals surface area contributed by atoms with Crippen molar-refractivity contribution >= 4 is 56.6 Å². The van der Waals surface area contributed by atoms with Crippen LogP contribution in [0.1, 0.15) is 70.9 Å². The van der Waals surface area contributed by atoms with Crippen molar-refractivity contribution in [3.63, 3.8) is 0 Å². The predicted molar refractivity (Wildman–Crippen MR) is 272 cm³/mol. The minimum Gasteiger partial charge on any atom is -0.507 e. The zero-order valence-corrected chi connectivity index (χ0v) is 41.6. The summed E-state index contributed by atoms with van der Waals surface area (Å²) < 4.78 is 73.2. The van der Waals surface area contributed by atoms with Gasteiger partial charge in [0, 0.05) is 84.2 Å². The minimum atomic E-state index is -0.861. The summed E-state index contributed by atoms with van der Waals surface area (Å²) in [6, 6.07) is 14.4. The smallest absolute Gasteiger partial charge is 0.319 e. The number of piperidine rings is 2. The van der Waals surface area contributed by atoms with Crippen LogP contribution < -0.4 is 19.3 Å². The molecular weight excluding hydrogens is 988 g/mol. The van der Waals surface area contributed by atoms with E-state index in [1.54, 1.807) is 36.9 Å². The summed E-state index contributed by atoms with van der Waals surface area (Å²) in [7, 11) is 0. The van der Waals surface area contributed by atoms with Gasteiger partial charge in [-0.1, -0.05) is 35.3 Å². The molecule has 0 aliphatic carbocycles. The van der Waals surface area contributed by atoms with Gasteiger partial charge >= 0.3 is 12.0 Å². The van der Waals surface area contributed by atoms with Crippen LogP contribution in [0.4, 0.5) is 29.2 Å². The molecule has 2 aliphatic heterocycles. The molecule has 0 radical (unpaired) electrons. The van der Waals surface area contributed by atoms with Crippen molar-refractivity contribution in [3.8, 4) is 45.8 Å². The molecular formula is C53H50Cl2F4N10O4. The number of ether oxygens (including phenoxy) is 2. The maximum absolute atomic E-state index is 16.1. The van der Waals surface area contributed by atoms with Gasteiger partial charge < -0.3 is 29.5 Å². The highest BCUT2D eigenvalue weighted by Crippen LogP contribution is 2.45. The highest BCUT2D eigenvalue weighted by atomic mass is 35.5. The molecule has 8 aromatic rings. The minimum absolute atomic E-state index is 0.0175. The number of halogens is 6. The van der Waals surface area contributed by atoms with Crippen molar-refractivity contribution in [2.24, 2.45) is 0 Å². The van der Waals surface area contributed by atoms with Crippen molar-refractivity contribution in [3.05, 3.63) is 130 Å². The number of aromatic nitrogens is 8. The van der Waals surface area contributed by atoms with Crippen molar-refractivity contribution in [1.29, 1.82) is 0 Å². The van der Waals surface area contributed by atoms with Gasteiger partial charge in [-0.2, -0.15) is 19.9 Å². The van der Waals surface area contributed by atoms with E-state index >= 15 is 8.78 Å². The fourth-order valence-corrected chi connectivity index (χ4v) is 10.1. The average molecular weight is 1040 g/mol. The van der Waals surface area contributed by atoms with Gasteiger partial charge in [0.15, 0.2) is 11.6 Å². The number of hydrogen-bond acceptors (Lipinski definition) is 14. The number of fused-ring (bicyclic) bond motifs is 2. The van der Waals surface area contributed by atoms with Crippen LogP contribution in [0.5, 0.6) is 23.5 Å². The Labute approximate surface area is 428 Å². The lowest BCUT2D eigenvalue weighted by molar-refractivity contribution is 0.293. The Bertz CT molecular complexity index is 3230. The third-order valence-corrected chi connectivity index (χ3v) is 13.6. The molecule has 4 aromatic heterocycles. The molecule has 14 nitrogen and oxygen atoms in total. The molecule has 0 amide bonds. The average Bonchev–Trinajstić information content (AvgIpc) is 3.37. The van der Waals surface area contributed by atoms with Gasteiger partial charge in [-0.15, -0.1) is 0 Å². The van der Waals surface area contributed by atoms with Crippen LogP contribution in [0, 0.1) is 23.3 Å². The molecule has 2 fully saturated rings. The first-order chi connectivity index (χ1) is 35.3. The fraction of sp³-hybridized carbons (Fsp3) is 0.321. The summed E-state index contributed by atoms with van der Waals surface area (Å²) in [5.74, 6) is -1.97. The number of benzene rings is 4. The van der Waals surface area contributed by atoms with Crippen molar-refractivity contribution < 1.29 is 37.2 Å². The SMILES string of the molecule is C[C@@H]1CCC[C@H](C)N1c1nc(OCCc2ncccn2)nc2c(F)c(-c3c(O)cccc3F)c(Cl)cc12.C[C@H]1CCCCN1c1nc(OCCc2ncccn2)nc2c(F)c(-c3c(O)cccc3F)c(Cl)cc12. The van der Waals surface area contributed by atoms with E-state index in [1.807, 2.05) is 0 Å². The normalized spacial score (nSPS) is 16.9. The number of aromatic hydroxyl groups is 2. The summed E-state index contributed by atoms with van der Waals surface area (Å²) in [6.07, 6.45) is 13.4. The molecule has 0 saturated carbocycles. The molecule has 6 heterocycles. The lowest BCUT2D eigenvalue weighted by Crippen LogP contribution is -2.44. The third-order valence-electron chi connectivity index (χ3n) is 13.0. The molecule has 73 heavy (non-hydrogen) atoms. The first-order valence-corrected chi connectivity index (χ1v) is 24.7. The summed E-state index contributed by atoms with van der Waals surface area (Å²) in [5, 5.41) is 21.3. The molecule has 0 bridgehead atoms. The van der Waals surface area contributed by atoms with Crippen LogP contribution in [0.3, 0.4) is 0 Å². The molecule has 3 atom stereocenters. The van der Waals surface area contributed by atoms with Gasteiger partial charge in [0.1, 0.15) is 57.5 Å². The van der Waals surface area contributed by atoms with Crippen LogP contribution in [-0.2, 0) is 12.8 Å². The van der Waals surface area contributed by atoms with Gasteiger partial charge in [-0.3, -0.25) is 0 Å². The van der Waals surface area contributed by atoms with Crippen LogP contribution in [0.15, 0.2) is 85.5 Å². The van der Waals surface area contributed by atoms with Crippen LogP contribution >= 0.6 is 23.2 Å². The van der Waals surface area contributed by atoms with E-state index in [-0.39, 0.29) is 86.7 Å². The number of phenols is 2. The van der Waals surface area contributed by atoms with E-state index in [9.17, 15) is 19.0 Å². The second kappa shape index (κ2) is 22.3. The standard InChI is InChI=1S/C27H26ClF2N5O2.C26H24ClF2N5O2/c1-15-6-3-7-16(2)35(15)26-17-14-18(28)22(23-19(29)8-4-9-20(23)36)24(30)25(17)33-27(34-26)37-13-10-21-31-11-5-12-32-21;1-15-6-2-3-12-34(15)25-16-14-17(27)21(22-18(28)7-4-8-19(22)35)23(29)24(16)32-26(33-25)36-13-9-20-30-10-5-11-31-20/h4-5,8-9,11-12,14-16,36H,3,6-7,10,13H2,1-2H3;4-5,7-8,10-11,14-15,35H,2-3,6,9,12-13H2,1H3/t15-,16+;15-/m.0/s1. The van der Waals surface area contributed by atoms with Gasteiger partial charge in [0.25, 0.3) is 0 Å². The summed E-state index contributed by atoms with van der Waals surface area (Å²) in [4.78, 5) is 38.9. The number of anilines is 2. The number of rotatable bonds is 12. The van der Waals surface area contributed by atoms with Crippen molar-refractivity contribution in [1.82, 2.24) is 39.9 Å². The number of phenolic OH excluding ortho intramolecular Hbond substituents is 2. The van der Waals surface area contributed by atoms with Gasteiger partial charge in [0.2, 0.25) is 0 Å². The molecule has 10 rings (SSSR count). The van der Waals surface area contributed by atoms with E-state index in [0.29, 0.717) is 46.9 Å². The molecule has 0 spiro atoms. The Morgan fingerprint density at radius 1 is 0.562 bits per heavy atom. The topological polar surface area (TPSA) is 169 Å². The molecule has 4 aromatic carbocycles. The van der Waals surface area contributed by atoms with E-state index in [4.69, 9.17) is 32.7 Å². The largest absolute Gasteiger partial charge is 0.507 e. The Morgan fingerprint density at radius 2 is 1.01 bits per heavy atom. The Kier molecular flexibility index (Phi) is 15.5. The second-order valence-corrected chi connectivity index (χ2v) is 18.7. The van der Waals surface area contributed by atoms with Crippen molar-refractivity contribution in [2.45, 2.75) is 90.3 Å². The van der Waals surface area contributed by atoms with Crippen molar-refractivity contribution in [2.75, 3.05) is 29.6 Å². The van der Waals surface area contributed by atoms with Gasteiger partial charge in [-0.25, -0.2) is 37.5 Å². The molecule has 2 N–H and O–H groups in total. The molecule has 20 heteroatoms. The number of hydrogen-bond donors (Lipinski definition) is 2. The fourth-order valence-electron chi connectivity index (χ4n) is 9.48. The second-order valence-electron chi connectivity index (χ2n) is 17.9. The van der Waals surface area contributed by atoms with E-state index in [2.05, 4.69) is 70.4 Å². The molecule has 2 aliphatic rings. The number of nitrogens with zero attached hydrogens (tertiary/aromatic N) is 10. The Morgan fingerprint density at radius 3 is 1.48 bits per heavy atom. The Balaban J connectivity index is 0.000000180. The third kappa shape index (κ3) is 10.8. The van der Waals surface area contributed by atoms with E-state index < -0.39 is 34.8 Å².